The molecule has 1 saturated heterocycles. The molecule has 6 heteroatoms. The van der Waals surface area contributed by atoms with Crippen molar-refractivity contribution in [3.05, 3.63) is 71.8 Å². The average molecular weight is 420 g/mol. The lowest BCUT2D eigenvalue weighted by atomic mass is 9.81. The highest BCUT2D eigenvalue weighted by Gasteiger charge is 2.55. The Labute approximate surface area is 183 Å². The predicted octanol–water partition coefficient (Wildman–Crippen LogP) is 3.81. The number of amides is 4. The standard InChI is InChI=1S/C25H29N3O3/c1-26-24(31)28(23(30)25(26)15-9-4-10-16-25)19-22(29)27(17-20-11-5-2-6-12-20)18-21-13-7-3-8-14-21/h2-3,5-8,11-14H,4,9-10,15-19H2,1H3. The first kappa shape index (κ1) is 21.1. The summed E-state index contributed by atoms with van der Waals surface area (Å²) in [5.74, 6) is -0.442. The lowest BCUT2D eigenvalue weighted by Crippen LogP contribution is -2.49. The van der Waals surface area contributed by atoms with Crippen molar-refractivity contribution in [3.63, 3.8) is 0 Å². The van der Waals surface area contributed by atoms with E-state index in [-0.39, 0.29) is 24.4 Å². The van der Waals surface area contributed by atoms with Crippen LogP contribution >= 0.6 is 0 Å². The maximum absolute atomic E-state index is 13.3. The van der Waals surface area contributed by atoms with Crippen molar-refractivity contribution in [1.29, 1.82) is 0 Å². The zero-order valence-electron chi connectivity index (χ0n) is 18.0. The van der Waals surface area contributed by atoms with E-state index in [0.717, 1.165) is 35.3 Å². The van der Waals surface area contributed by atoms with Gasteiger partial charge in [-0.2, -0.15) is 0 Å². The number of carbonyl (C=O) groups is 3. The van der Waals surface area contributed by atoms with Crippen LogP contribution < -0.4 is 0 Å². The molecule has 1 saturated carbocycles. The SMILES string of the molecule is CN1C(=O)N(CC(=O)N(Cc2ccccc2)Cc2ccccc2)C(=O)C12CCCCC2. The van der Waals surface area contributed by atoms with Crippen molar-refractivity contribution in [2.24, 2.45) is 0 Å². The summed E-state index contributed by atoms with van der Waals surface area (Å²) in [4.78, 5) is 44.0. The van der Waals surface area contributed by atoms with E-state index in [1.807, 2.05) is 60.7 Å². The first-order valence-corrected chi connectivity index (χ1v) is 11.0. The fourth-order valence-corrected chi connectivity index (χ4v) is 4.75. The molecule has 2 aromatic rings. The lowest BCUT2D eigenvalue weighted by molar-refractivity contribution is -0.141. The molecule has 4 amide bonds. The number of likely N-dealkylation sites (N-methyl/N-ethyl adjacent to an activating group) is 1. The van der Waals surface area contributed by atoms with Crippen molar-refractivity contribution in [1.82, 2.24) is 14.7 Å². The molecule has 1 aliphatic carbocycles. The van der Waals surface area contributed by atoms with Crippen LogP contribution in [-0.2, 0) is 22.7 Å². The molecule has 1 heterocycles. The van der Waals surface area contributed by atoms with Gasteiger partial charge in [-0.05, 0) is 24.0 Å². The summed E-state index contributed by atoms with van der Waals surface area (Å²) in [6.45, 7) is 0.626. The third kappa shape index (κ3) is 4.20. The molecule has 2 aromatic carbocycles. The van der Waals surface area contributed by atoms with Gasteiger partial charge in [-0.25, -0.2) is 4.79 Å². The molecule has 0 bridgehead atoms. The van der Waals surface area contributed by atoms with E-state index in [1.54, 1.807) is 16.8 Å². The second-order valence-corrected chi connectivity index (χ2v) is 8.55. The third-order valence-corrected chi connectivity index (χ3v) is 6.56. The third-order valence-electron chi connectivity index (χ3n) is 6.56. The Bertz CT molecular complexity index is 897. The van der Waals surface area contributed by atoms with Crippen LogP contribution in [0.25, 0.3) is 0 Å². The van der Waals surface area contributed by atoms with Crippen LogP contribution in [0.1, 0.15) is 43.2 Å². The number of rotatable bonds is 6. The maximum Gasteiger partial charge on any atom is 0.327 e. The minimum Gasteiger partial charge on any atom is -0.332 e. The molecule has 0 N–H and O–H groups in total. The number of carbonyl (C=O) groups excluding carboxylic acids is 3. The molecule has 1 aliphatic heterocycles. The van der Waals surface area contributed by atoms with Crippen LogP contribution in [0.4, 0.5) is 4.79 Å². The quantitative estimate of drug-likeness (QED) is 0.669. The van der Waals surface area contributed by atoms with Crippen LogP contribution in [0.5, 0.6) is 0 Å². The van der Waals surface area contributed by atoms with Gasteiger partial charge in [-0.3, -0.25) is 14.5 Å². The van der Waals surface area contributed by atoms with E-state index in [0.29, 0.717) is 25.9 Å². The van der Waals surface area contributed by atoms with Crippen molar-refractivity contribution in [2.45, 2.75) is 50.7 Å². The second kappa shape index (κ2) is 8.92. The molecular formula is C25H29N3O3. The average Bonchev–Trinajstić information content (AvgIpc) is 2.97. The number of urea groups is 1. The van der Waals surface area contributed by atoms with Crippen LogP contribution in [0, 0.1) is 0 Å². The van der Waals surface area contributed by atoms with Crippen LogP contribution in [0.2, 0.25) is 0 Å². The molecule has 1 spiro atoms. The van der Waals surface area contributed by atoms with E-state index >= 15 is 0 Å². The summed E-state index contributed by atoms with van der Waals surface area (Å²) < 4.78 is 0. The number of hydrogen-bond acceptors (Lipinski definition) is 3. The van der Waals surface area contributed by atoms with Crippen LogP contribution in [0.15, 0.2) is 60.7 Å². The Morgan fingerprint density at radius 1 is 0.871 bits per heavy atom. The summed E-state index contributed by atoms with van der Waals surface area (Å²) in [7, 11) is 1.70. The molecule has 0 radical (unpaired) electrons. The van der Waals surface area contributed by atoms with Gasteiger partial charge in [-0.1, -0.05) is 79.9 Å². The van der Waals surface area contributed by atoms with Crippen molar-refractivity contribution >= 4 is 17.8 Å². The minimum absolute atomic E-state index is 0.215. The molecule has 0 aromatic heterocycles. The molecular weight excluding hydrogens is 390 g/mol. The maximum atomic E-state index is 13.3. The minimum atomic E-state index is -0.765. The van der Waals surface area contributed by atoms with Gasteiger partial charge in [0.1, 0.15) is 12.1 Å². The molecule has 0 atom stereocenters. The Balaban J connectivity index is 1.53. The number of hydrogen-bond donors (Lipinski definition) is 0. The number of benzene rings is 2. The Hall–Kier alpha value is -3.15. The second-order valence-electron chi connectivity index (χ2n) is 8.55. The monoisotopic (exact) mass is 419 g/mol. The van der Waals surface area contributed by atoms with Gasteiger partial charge in [-0.15, -0.1) is 0 Å². The van der Waals surface area contributed by atoms with E-state index < -0.39 is 5.54 Å². The van der Waals surface area contributed by atoms with Gasteiger partial charge >= 0.3 is 6.03 Å². The first-order chi connectivity index (χ1) is 15.0. The first-order valence-electron chi connectivity index (χ1n) is 11.0. The Kier molecular flexibility index (Phi) is 6.07. The zero-order valence-corrected chi connectivity index (χ0v) is 18.0. The molecule has 2 fully saturated rings. The number of nitrogens with zero attached hydrogens (tertiary/aromatic N) is 3. The van der Waals surface area contributed by atoms with E-state index in [1.165, 1.54) is 0 Å². The smallest absolute Gasteiger partial charge is 0.327 e. The van der Waals surface area contributed by atoms with Crippen molar-refractivity contribution in [3.8, 4) is 0 Å². The zero-order chi connectivity index (χ0) is 21.8. The molecule has 6 nitrogen and oxygen atoms in total. The highest BCUT2D eigenvalue weighted by Crippen LogP contribution is 2.39. The van der Waals surface area contributed by atoms with Gasteiger partial charge in [0.2, 0.25) is 5.91 Å². The van der Waals surface area contributed by atoms with Crippen LogP contribution in [-0.4, -0.2) is 51.7 Å². The summed E-state index contributed by atoms with van der Waals surface area (Å²) >= 11 is 0. The topological polar surface area (TPSA) is 60.9 Å². The van der Waals surface area contributed by atoms with Gasteiger partial charge in [0.25, 0.3) is 5.91 Å². The highest BCUT2D eigenvalue weighted by atomic mass is 16.2. The largest absolute Gasteiger partial charge is 0.332 e. The molecule has 2 aliphatic rings. The Morgan fingerprint density at radius 2 is 1.39 bits per heavy atom. The fraction of sp³-hybridized carbons (Fsp3) is 0.400. The van der Waals surface area contributed by atoms with Crippen molar-refractivity contribution < 1.29 is 14.4 Å². The van der Waals surface area contributed by atoms with Gasteiger partial charge in [0.05, 0.1) is 0 Å². The number of imide groups is 1. The summed E-state index contributed by atoms with van der Waals surface area (Å²) in [5.41, 5.74) is 1.25. The fourth-order valence-electron chi connectivity index (χ4n) is 4.75. The normalized spacial score (nSPS) is 18.0. The lowest BCUT2D eigenvalue weighted by Gasteiger charge is -2.35. The summed E-state index contributed by atoms with van der Waals surface area (Å²) in [5, 5.41) is 0. The van der Waals surface area contributed by atoms with E-state index in [2.05, 4.69) is 0 Å². The van der Waals surface area contributed by atoms with Gasteiger partial charge in [0.15, 0.2) is 0 Å². The highest BCUT2D eigenvalue weighted by molar-refractivity contribution is 6.08. The Morgan fingerprint density at radius 3 is 1.90 bits per heavy atom. The van der Waals surface area contributed by atoms with Gasteiger partial charge < -0.3 is 9.80 Å². The molecule has 162 valence electrons. The summed E-state index contributed by atoms with van der Waals surface area (Å²) in [6.07, 6.45) is 4.30. The van der Waals surface area contributed by atoms with Gasteiger partial charge in [0, 0.05) is 20.1 Å². The summed E-state index contributed by atoms with van der Waals surface area (Å²) in [6, 6.07) is 19.2. The van der Waals surface area contributed by atoms with E-state index in [9.17, 15) is 14.4 Å². The molecule has 4 rings (SSSR count). The van der Waals surface area contributed by atoms with Crippen LogP contribution in [0.3, 0.4) is 0 Å². The van der Waals surface area contributed by atoms with Crippen molar-refractivity contribution in [2.75, 3.05) is 13.6 Å². The predicted molar refractivity (Wildman–Crippen MR) is 118 cm³/mol. The molecule has 0 unspecified atom stereocenters. The molecule has 31 heavy (non-hydrogen) atoms. The van der Waals surface area contributed by atoms with E-state index in [4.69, 9.17) is 0 Å².